The normalized spacial score (nSPS) is 15.7. The van der Waals surface area contributed by atoms with Gasteiger partial charge >= 0.3 is 0 Å². The van der Waals surface area contributed by atoms with E-state index < -0.39 is 0 Å². The van der Waals surface area contributed by atoms with Crippen LogP contribution in [-0.2, 0) is 9.47 Å². The van der Waals surface area contributed by atoms with Gasteiger partial charge in [-0.1, -0.05) is 6.07 Å². The summed E-state index contributed by atoms with van der Waals surface area (Å²) in [6.45, 7) is 9.25. The molecule has 1 aliphatic heterocycles. The molecule has 0 aliphatic carbocycles. The van der Waals surface area contributed by atoms with Crippen molar-refractivity contribution in [2.75, 3.05) is 71.1 Å². The molecule has 2 rings (SSSR count). The lowest BCUT2D eigenvalue weighted by molar-refractivity contribution is 0.0747. The zero-order valence-corrected chi connectivity index (χ0v) is 14.8. The zero-order valence-electron chi connectivity index (χ0n) is 14.8. The average molecular weight is 335 g/mol. The number of piperazine rings is 1. The van der Waals surface area contributed by atoms with Crippen molar-refractivity contribution in [1.29, 1.82) is 0 Å². The molecule has 0 radical (unpaired) electrons. The molecule has 1 saturated heterocycles. The Morgan fingerprint density at radius 1 is 1.21 bits per heavy atom. The number of guanidine groups is 1. The largest absolute Gasteiger partial charge is 0.382 e. The van der Waals surface area contributed by atoms with Crippen molar-refractivity contribution in [2.24, 2.45) is 4.99 Å². The Hall–Kier alpha value is -1.86. The molecule has 0 spiro atoms. The van der Waals surface area contributed by atoms with Crippen molar-refractivity contribution < 1.29 is 9.47 Å². The minimum absolute atomic E-state index is 0.616. The van der Waals surface area contributed by atoms with Crippen molar-refractivity contribution >= 4 is 11.8 Å². The number of hydrogen-bond acceptors (Lipinski definition) is 5. The molecule has 134 valence electrons. The Morgan fingerprint density at radius 2 is 2.04 bits per heavy atom. The van der Waals surface area contributed by atoms with Gasteiger partial charge in [-0.25, -0.2) is 4.98 Å². The first-order chi connectivity index (χ1) is 11.8. The van der Waals surface area contributed by atoms with Crippen LogP contribution in [0.1, 0.15) is 6.92 Å². The summed E-state index contributed by atoms with van der Waals surface area (Å²) in [4.78, 5) is 13.7. The second kappa shape index (κ2) is 10.8. The summed E-state index contributed by atoms with van der Waals surface area (Å²) in [6.07, 6.45) is 1.84. The SMILES string of the molecule is CCNC(=NCCOCCOC)N1CCN(c2ccccn2)CC1. The number of aliphatic imine (C=N–C) groups is 1. The molecular weight excluding hydrogens is 306 g/mol. The Morgan fingerprint density at radius 3 is 2.71 bits per heavy atom. The molecule has 0 saturated carbocycles. The van der Waals surface area contributed by atoms with Crippen LogP contribution in [0.4, 0.5) is 5.82 Å². The second-order valence-corrected chi connectivity index (χ2v) is 5.50. The Kier molecular flexibility index (Phi) is 8.34. The molecule has 7 heteroatoms. The van der Waals surface area contributed by atoms with E-state index in [1.807, 2.05) is 18.3 Å². The van der Waals surface area contributed by atoms with E-state index in [0.29, 0.717) is 26.4 Å². The molecule has 0 atom stereocenters. The smallest absolute Gasteiger partial charge is 0.194 e. The van der Waals surface area contributed by atoms with Gasteiger partial charge in [0.1, 0.15) is 5.82 Å². The monoisotopic (exact) mass is 335 g/mol. The lowest BCUT2D eigenvalue weighted by Gasteiger charge is -2.37. The predicted octanol–water partition coefficient (Wildman–Crippen LogP) is 0.832. The van der Waals surface area contributed by atoms with Gasteiger partial charge in [-0.05, 0) is 19.1 Å². The van der Waals surface area contributed by atoms with Gasteiger partial charge in [0.25, 0.3) is 0 Å². The molecule has 0 bridgehead atoms. The number of ether oxygens (including phenoxy) is 2. The van der Waals surface area contributed by atoms with Gasteiger partial charge in [0, 0.05) is 46.0 Å². The van der Waals surface area contributed by atoms with Gasteiger partial charge in [-0.2, -0.15) is 0 Å². The fraction of sp³-hybridized carbons (Fsp3) is 0.647. The molecule has 0 amide bonds. The molecule has 2 heterocycles. The number of nitrogens with one attached hydrogen (secondary N) is 1. The maximum absolute atomic E-state index is 5.47. The van der Waals surface area contributed by atoms with Crippen LogP contribution in [0, 0.1) is 0 Å². The summed E-state index contributed by atoms with van der Waals surface area (Å²) in [5.74, 6) is 2.01. The molecule has 24 heavy (non-hydrogen) atoms. The molecule has 1 fully saturated rings. The van der Waals surface area contributed by atoms with Crippen LogP contribution in [0.2, 0.25) is 0 Å². The van der Waals surface area contributed by atoms with Crippen molar-refractivity contribution in [3.63, 3.8) is 0 Å². The third-order valence-electron chi connectivity index (χ3n) is 3.82. The van der Waals surface area contributed by atoms with E-state index in [9.17, 15) is 0 Å². The van der Waals surface area contributed by atoms with E-state index in [0.717, 1.165) is 44.5 Å². The standard InChI is InChI=1S/C17H29N5O2/c1-3-18-17(20-8-13-24-15-14-23-2)22-11-9-21(10-12-22)16-6-4-5-7-19-16/h4-7H,3,8-15H2,1-2H3,(H,18,20). The number of nitrogens with zero attached hydrogens (tertiary/aromatic N) is 4. The van der Waals surface area contributed by atoms with Gasteiger partial charge in [0.05, 0.1) is 26.4 Å². The first-order valence-corrected chi connectivity index (χ1v) is 8.61. The lowest BCUT2D eigenvalue weighted by Crippen LogP contribution is -2.52. The van der Waals surface area contributed by atoms with Crippen molar-refractivity contribution in [1.82, 2.24) is 15.2 Å². The first kappa shape index (κ1) is 18.5. The van der Waals surface area contributed by atoms with Crippen LogP contribution in [0.15, 0.2) is 29.4 Å². The molecule has 1 N–H and O–H groups in total. The minimum atomic E-state index is 0.616. The van der Waals surface area contributed by atoms with Crippen LogP contribution in [0.5, 0.6) is 0 Å². The Labute approximate surface area is 144 Å². The Bertz CT molecular complexity index is 475. The predicted molar refractivity (Wildman–Crippen MR) is 96.7 cm³/mol. The topological polar surface area (TPSA) is 62.2 Å². The van der Waals surface area contributed by atoms with Gasteiger partial charge in [-0.3, -0.25) is 4.99 Å². The molecule has 7 nitrogen and oxygen atoms in total. The molecule has 1 aromatic heterocycles. The highest BCUT2D eigenvalue weighted by atomic mass is 16.5. The van der Waals surface area contributed by atoms with Crippen LogP contribution in [0.3, 0.4) is 0 Å². The Balaban J connectivity index is 1.79. The third-order valence-corrected chi connectivity index (χ3v) is 3.82. The van der Waals surface area contributed by atoms with Gasteiger partial charge in [0.15, 0.2) is 5.96 Å². The molecular formula is C17H29N5O2. The number of aromatic nitrogens is 1. The van der Waals surface area contributed by atoms with Crippen molar-refractivity contribution in [3.05, 3.63) is 24.4 Å². The van der Waals surface area contributed by atoms with E-state index in [-0.39, 0.29) is 0 Å². The highest BCUT2D eigenvalue weighted by Gasteiger charge is 2.20. The highest BCUT2D eigenvalue weighted by molar-refractivity contribution is 5.80. The number of pyridine rings is 1. The molecule has 1 aromatic rings. The minimum Gasteiger partial charge on any atom is -0.382 e. The summed E-state index contributed by atoms with van der Waals surface area (Å²) >= 11 is 0. The zero-order chi connectivity index (χ0) is 17.0. The number of rotatable bonds is 8. The van der Waals surface area contributed by atoms with Crippen LogP contribution >= 0.6 is 0 Å². The number of methoxy groups -OCH3 is 1. The molecule has 1 aliphatic rings. The molecule has 0 unspecified atom stereocenters. The highest BCUT2D eigenvalue weighted by Crippen LogP contribution is 2.12. The van der Waals surface area contributed by atoms with E-state index in [4.69, 9.17) is 9.47 Å². The van der Waals surface area contributed by atoms with Gasteiger partial charge < -0.3 is 24.6 Å². The quantitative estimate of drug-likeness (QED) is 0.431. The maximum atomic E-state index is 5.47. The van der Waals surface area contributed by atoms with Gasteiger partial charge in [0.2, 0.25) is 0 Å². The summed E-state index contributed by atoms with van der Waals surface area (Å²) in [6, 6.07) is 6.04. The van der Waals surface area contributed by atoms with E-state index in [1.54, 1.807) is 7.11 Å². The van der Waals surface area contributed by atoms with Crippen LogP contribution < -0.4 is 10.2 Å². The van der Waals surface area contributed by atoms with E-state index in [2.05, 4.69) is 38.1 Å². The third kappa shape index (κ3) is 5.98. The summed E-state index contributed by atoms with van der Waals surface area (Å²) < 4.78 is 10.4. The second-order valence-electron chi connectivity index (χ2n) is 5.50. The van der Waals surface area contributed by atoms with Crippen molar-refractivity contribution in [2.45, 2.75) is 6.92 Å². The summed E-state index contributed by atoms with van der Waals surface area (Å²) in [5, 5.41) is 3.37. The van der Waals surface area contributed by atoms with Crippen LogP contribution in [0.25, 0.3) is 0 Å². The molecule has 0 aromatic carbocycles. The summed E-state index contributed by atoms with van der Waals surface area (Å²) in [7, 11) is 1.68. The fourth-order valence-electron chi connectivity index (χ4n) is 2.57. The number of hydrogen-bond donors (Lipinski definition) is 1. The number of anilines is 1. The summed E-state index contributed by atoms with van der Waals surface area (Å²) in [5.41, 5.74) is 0. The van der Waals surface area contributed by atoms with Crippen LogP contribution in [-0.4, -0.2) is 82.0 Å². The maximum Gasteiger partial charge on any atom is 0.194 e. The van der Waals surface area contributed by atoms with E-state index >= 15 is 0 Å². The van der Waals surface area contributed by atoms with Crippen molar-refractivity contribution in [3.8, 4) is 0 Å². The van der Waals surface area contributed by atoms with Gasteiger partial charge in [-0.15, -0.1) is 0 Å². The average Bonchev–Trinajstić information content (AvgIpc) is 2.64. The first-order valence-electron chi connectivity index (χ1n) is 8.61. The van der Waals surface area contributed by atoms with E-state index in [1.165, 1.54) is 0 Å². The fourth-order valence-corrected chi connectivity index (χ4v) is 2.57. The lowest BCUT2D eigenvalue weighted by atomic mass is 10.3.